The molecule has 11 atom stereocenters. The van der Waals surface area contributed by atoms with Crippen molar-refractivity contribution in [3.8, 4) is 0 Å². The van der Waals surface area contributed by atoms with Crippen molar-refractivity contribution in [1.82, 2.24) is 0 Å². The quantitative estimate of drug-likeness (QED) is 0.0171. The lowest BCUT2D eigenvalue weighted by Crippen LogP contribution is -2.61. The summed E-state index contributed by atoms with van der Waals surface area (Å²) in [6.45, 7) is 3.78. The maximum atomic E-state index is 13.1. The van der Waals surface area contributed by atoms with Crippen molar-refractivity contribution < 1.29 is 69.0 Å². The van der Waals surface area contributed by atoms with Gasteiger partial charge in [0.15, 0.2) is 12.6 Å². The summed E-state index contributed by atoms with van der Waals surface area (Å²) in [4.78, 5) is 13.1. The molecule has 0 aromatic carbocycles. The lowest BCUT2D eigenvalue weighted by Gasteiger charge is -2.42. The summed E-state index contributed by atoms with van der Waals surface area (Å²) in [5.41, 5.74) is 0. The minimum Gasteiger partial charge on any atom is -0.457 e. The van der Waals surface area contributed by atoms with Crippen LogP contribution < -0.4 is 0 Å². The Morgan fingerprint density at radius 3 is 1.12 bits per heavy atom. The lowest BCUT2D eigenvalue weighted by atomic mass is 9.98. The number of hydrogen-bond acceptors (Lipinski definition) is 14. The third-order valence-corrected chi connectivity index (χ3v) is 16.8. The third kappa shape index (κ3) is 39.9. The van der Waals surface area contributed by atoms with Crippen LogP contribution in [0.2, 0.25) is 0 Å². The van der Waals surface area contributed by atoms with E-state index in [9.17, 15) is 40.5 Å². The summed E-state index contributed by atoms with van der Waals surface area (Å²) in [5, 5.41) is 72.6. The normalized spacial score (nSPS) is 23.7. The van der Waals surface area contributed by atoms with Crippen LogP contribution in [0, 0.1) is 0 Å². The van der Waals surface area contributed by atoms with E-state index < -0.39 is 80.7 Å². The molecule has 11 unspecified atom stereocenters. The van der Waals surface area contributed by atoms with Gasteiger partial charge in [0.2, 0.25) is 0 Å². The number of rotatable bonds is 58. The Morgan fingerprint density at radius 2 is 0.728 bits per heavy atom. The Morgan fingerprint density at radius 1 is 0.395 bits per heavy atom. The summed E-state index contributed by atoms with van der Waals surface area (Å²) >= 11 is 0. The molecule has 0 aromatic heterocycles. The topological polar surface area (TPSA) is 214 Å². The first-order valence-corrected chi connectivity index (χ1v) is 34.3. The molecule has 0 aliphatic carbocycles. The molecule has 81 heavy (non-hydrogen) atoms. The van der Waals surface area contributed by atoms with Gasteiger partial charge in [0.1, 0.15) is 54.9 Å². The predicted molar refractivity (Wildman–Crippen MR) is 326 cm³/mol. The molecule has 2 fully saturated rings. The molecule has 14 nitrogen and oxygen atoms in total. The number of ether oxygens (including phenoxy) is 6. The molecular weight excluding hydrogens is 1030 g/mol. The SMILES string of the molecule is CCCCCCCCCC/C=C\CCCCCCCCCCCCCCCC(=O)OC(COCCCCCCCCCCCCCCCCCCCCCCCC)COC1OC(COC2OC(CO)C(O)C(O)C2O)C(O)C(O)C1O. The fraction of sp³-hybridized carbons (Fsp3) is 0.955. The van der Waals surface area contributed by atoms with Gasteiger partial charge in [0.05, 0.1) is 26.4 Å². The number of aliphatic hydroxyl groups is 7. The fourth-order valence-corrected chi connectivity index (χ4v) is 11.3. The molecule has 2 aliphatic rings. The summed E-state index contributed by atoms with van der Waals surface area (Å²) in [6.07, 6.45) is 47.1. The van der Waals surface area contributed by atoms with Gasteiger partial charge < -0.3 is 64.2 Å². The minimum atomic E-state index is -1.70. The summed E-state index contributed by atoms with van der Waals surface area (Å²) in [7, 11) is 0. The van der Waals surface area contributed by atoms with Gasteiger partial charge in [-0.25, -0.2) is 0 Å². The third-order valence-electron chi connectivity index (χ3n) is 16.8. The smallest absolute Gasteiger partial charge is 0.306 e. The first kappa shape index (κ1) is 75.8. The van der Waals surface area contributed by atoms with E-state index in [-0.39, 0.29) is 25.6 Å². The molecule has 2 heterocycles. The molecule has 0 amide bonds. The van der Waals surface area contributed by atoms with E-state index in [1.165, 1.54) is 244 Å². The second-order valence-corrected chi connectivity index (χ2v) is 24.4. The second-order valence-electron chi connectivity index (χ2n) is 24.4. The van der Waals surface area contributed by atoms with Crippen molar-refractivity contribution in [2.45, 2.75) is 377 Å². The van der Waals surface area contributed by atoms with Crippen LogP contribution in [0.4, 0.5) is 0 Å². The average molecular weight is 1160 g/mol. The first-order valence-electron chi connectivity index (χ1n) is 34.3. The van der Waals surface area contributed by atoms with Crippen LogP contribution in [0.15, 0.2) is 12.2 Å². The molecule has 2 aliphatic heterocycles. The number of carbonyl (C=O) groups excluding carboxylic acids is 1. The Kier molecular flexibility index (Phi) is 50.7. The van der Waals surface area contributed by atoms with Crippen LogP contribution in [-0.4, -0.2) is 142 Å². The van der Waals surface area contributed by atoms with Gasteiger partial charge in [-0.3, -0.25) is 4.79 Å². The van der Waals surface area contributed by atoms with Gasteiger partial charge in [-0.05, 0) is 38.5 Å². The zero-order chi connectivity index (χ0) is 58.6. The van der Waals surface area contributed by atoms with Crippen LogP contribution in [0.1, 0.15) is 309 Å². The average Bonchev–Trinajstić information content (AvgIpc) is 3.46. The van der Waals surface area contributed by atoms with Crippen LogP contribution in [0.3, 0.4) is 0 Å². The number of hydrogen-bond donors (Lipinski definition) is 7. The van der Waals surface area contributed by atoms with Gasteiger partial charge in [-0.15, -0.1) is 0 Å². The van der Waals surface area contributed by atoms with E-state index >= 15 is 0 Å². The molecule has 0 spiro atoms. The largest absolute Gasteiger partial charge is 0.457 e. The molecule has 0 aromatic rings. The highest BCUT2D eigenvalue weighted by Crippen LogP contribution is 2.27. The summed E-state index contributed by atoms with van der Waals surface area (Å²) in [5.74, 6) is -0.367. The lowest BCUT2D eigenvalue weighted by molar-refractivity contribution is -0.332. The summed E-state index contributed by atoms with van der Waals surface area (Å²) < 4.78 is 34.6. The standard InChI is InChI=1S/C67H128O14/c1-3-5-7-9-11-13-15-17-19-21-23-25-27-28-29-30-32-34-36-38-40-42-44-46-48-50-59(69)79-56(53-76-51-49-47-45-43-41-39-37-35-33-31-26-24-22-20-18-16-14-12-10-8-6-4-2)54-77-66-65(75)63(73)61(71)58(81-66)55-78-67-64(74)62(72)60(70)57(52-68)80-67/h21,23,56-58,60-68,70-75H,3-20,22,24-55H2,1-2H3/b23-21-. The minimum absolute atomic E-state index is 0.0692. The molecule has 2 rings (SSSR count). The molecule has 0 bridgehead atoms. The van der Waals surface area contributed by atoms with Gasteiger partial charge in [-0.1, -0.05) is 276 Å². The number of aliphatic hydroxyl groups excluding tert-OH is 7. The Labute approximate surface area is 495 Å². The molecule has 14 heteroatoms. The maximum absolute atomic E-state index is 13.1. The monoisotopic (exact) mass is 1160 g/mol. The van der Waals surface area contributed by atoms with Crippen molar-refractivity contribution in [3.05, 3.63) is 12.2 Å². The first-order chi connectivity index (χ1) is 39.6. The van der Waals surface area contributed by atoms with Crippen LogP contribution in [-0.2, 0) is 33.2 Å². The zero-order valence-electron chi connectivity index (χ0n) is 52.1. The highest BCUT2D eigenvalue weighted by molar-refractivity contribution is 5.69. The predicted octanol–water partition coefficient (Wildman–Crippen LogP) is 14.1. The Balaban J connectivity index is 1.64. The molecule has 480 valence electrons. The van der Waals surface area contributed by atoms with Crippen LogP contribution in [0.25, 0.3) is 0 Å². The Hall–Kier alpha value is -1.27. The van der Waals surface area contributed by atoms with Gasteiger partial charge in [0, 0.05) is 13.0 Å². The molecule has 2 saturated heterocycles. The van der Waals surface area contributed by atoms with E-state index in [0.717, 1.165) is 38.5 Å². The molecule has 7 N–H and O–H groups in total. The van der Waals surface area contributed by atoms with E-state index in [1.807, 2.05) is 0 Å². The Bertz CT molecular complexity index is 1390. The number of unbranched alkanes of at least 4 members (excludes halogenated alkanes) is 42. The molecule has 0 radical (unpaired) electrons. The number of carbonyl (C=O) groups is 1. The van der Waals surface area contributed by atoms with Crippen molar-refractivity contribution in [3.63, 3.8) is 0 Å². The van der Waals surface area contributed by atoms with Crippen molar-refractivity contribution in [2.75, 3.05) is 33.0 Å². The number of allylic oxidation sites excluding steroid dienone is 2. The maximum Gasteiger partial charge on any atom is 0.306 e. The van der Waals surface area contributed by atoms with Crippen LogP contribution >= 0.6 is 0 Å². The van der Waals surface area contributed by atoms with E-state index in [0.29, 0.717) is 13.0 Å². The number of esters is 1. The molecule has 0 saturated carbocycles. The van der Waals surface area contributed by atoms with Crippen molar-refractivity contribution in [2.24, 2.45) is 0 Å². The highest BCUT2D eigenvalue weighted by Gasteiger charge is 2.47. The van der Waals surface area contributed by atoms with E-state index in [1.54, 1.807) is 0 Å². The fourth-order valence-electron chi connectivity index (χ4n) is 11.3. The van der Waals surface area contributed by atoms with E-state index in [4.69, 9.17) is 28.4 Å². The van der Waals surface area contributed by atoms with Gasteiger partial charge in [-0.2, -0.15) is 0 Å². The van der Waals surface area contributed by atoms with E-state index in [2.05, 4.69) is 26.0 Å². The zero-order valence-corrected chi connectivity index (χ0v) is 52.1. The van der Waals surface area contributed by atoms with Crippen LogP contribution in [0.5, 0.6) is 0 Å². The van der Waals surface area contributed by atoms with Gasteiger partial charge in [0.25, 0.3) is 0 Å². The molecular formula is C67H128O14. The highest BCUT2D eigenvalue weighted by atomic mass is 16.7. The van der Waals surface area contributed by atoms with Crippen molar-refractivity contribution in [1.29, 1.82) is 0 Å². The second kappa shape index (κ2) is 54.1. The van der Waals surface area contributed by atoms with Gasteiger partial charge >= 0.3 is 5.97 Å². The van der Waals surface area contributed by atoms with Crippen molar-refractivity contribution >= 4 is 5.97 Å². The summed E-state index contributed by atoms with van der Waals surface area (Å²) in [6, 6.07) is 0.